The van der Waals surface area contributed by atoms with Crippen molar-refractivity contribution in [3.63, 3.8) is 0 Å². The minimum Gasteiger partial charge on any atom is -0.399 e. The van der Waals surface area contributed by atoms with Gasteiger partial charge in [-0.05, 0) is 31.5 Å². The number of nitrogen functional groups attached to an aromatic ring is 1. The fraction of sp³-hybridized carbons (Fsp3) is 0.417. The van der Waals surface area contributed by atoms with E-state index in [1.165, 1.54) is 0 Å². The number of carbonyl (C=O) groups is 1. The van der Waals surface area contributed by atoms with E-state index < -0.39 is 0 Å². The van der Waals surface area contributed by atoms with Gasteiger partial charge < -0.3 is 16.0 Å². The highest BCUT2D eigenvalue weighted by Crippen LogP contribution is 2.08. The Morgan fingerprint density at radius 1 is 1.50 bits per heavy atom. The Morgan fingerprint density at radius 2 is 2.19 bits per heavy atom. The highest BCUT2D eigenvalue weighted by atomic mass is 16.2. The summed E-state index contributed by atoms with van der Waals surface area (Å²) in [6.45, 7) is 4.43. The Kier molecular flexibility index (Phi) is 4.17. The van der Waals surface area contributed by atoms with Crippen molar-refractivity contribution < 1.29 is 4.79 Å². The topological polar surface area (TPSA) is 58.4 Å². The minimum absolute atomic E-state index is 0.0718. The van der Waals surface area contributed by atoms with Gasteiger partial charge in [-0.3, -0.25) is 0 Å². The first kappa shape index (κ1) is 12.4. The molecule has 0 aromatic heterocycles. The van der Waals surface area contributed by atoms with Crippen molar-refractivity contribution in [2.75, 3.05) is 12.8 Å². The standard InChI is InChI=1S/C12H19N3O/c1-9(2)14-12(16)15(3)8-10-5-4-6-11(13)7-10/h4-7,9H,8,13H2,1-3H3,(H,14,16). The summed E-state index contributed by atoms with van der Waals surface area (Å²) >= 11 is 0. The van der Waals surface area contributed by atoms with Gasteiger partial charge in [0.1, 0.15) is 0 Å². The zero-order valence-electron chi connectivity index (χ0n) is 10.0. The van der Waals surface area contributed by atoms with Crippen LogP contribution < -0.4 is 11.1 Å². The maximum absolute atomic E-state index is 11.6. The van der Waals surface area contributed by atoms with Gasteiger partial charge >= 0.3 is 6.03 Å². The number of carbonyl (C=O) groups excluding carboxylic acids is 1. The summed E-state index contributed by atoms with van der Waals surface area (Å²) in [5, 5.41) is 2.83. The van der Waals surface area contributed by atoms with Crippen LogP contribution in [0.25, 0.3) is 0 Å². The maximum Gasteiger partial charge on any atom is 0.317 e. The number of hydrogen-bond donors (Lipinski definition) is 2. The molecule has 1 aromatic carbocycles. The summed E-state index contributed by atoms with van der Waals surface area (Å²) in [5.74, 6) is 0. The normalized spacial score (nSPS) is 10.2. The Hall–Kier alpha value is -1.71. The van der Waals surface area contributed by atoms with Crippen LogP contribution in [0, 0.1) is 0 Å². The molecule has 1 rings (SSSR count). The molecule has 0 radical (unpaired) electrons. The predicted octanol–water partition coefficient (Wildman–Crippen LogP) is 1.82. The number of hydrogen-bond acceptors (Lipinski definition) is 2. The number of benzene rings is 1. The van der Waals surface area contributed by atoms with Crippen LogP contribution in [-0.2, 0) is 6.54 Å². The van der Waals surface area contributed by atoms with E-state index in [-0.39, 0.29) is 12.1 Å². The van der Waals surface area contributed by atoms with Gasteiger partial charge in [-0.2, -0.15) is 0 Å². The first-order valence-electron chi connectivity index (χ1n) is 5.35. The van der Waals surface area contributed by atoms with Gasteiger partial charge in [0, 0.05) is 25.3 Å². The van der Waals surface area contributed by atoms with E-state index in [4.69, 9.17) is 5.73 Å². The lowest BCUT2D eigenvalue weighted by atomic mass is 10.2. The van der Waals surface area contributed by atoms with Crippen molar-refractivity contribution in [1.29, 1.82) is 0 Å². The van der Waals surface area contributed by atoms with Crippen LogP contribution in [0.2, 0.25) is 0 Å². The van der Waals surface area contributed by atoms with Crippen LogP contribution in [0.1, 0.15) is 19.4 Å². The maximum atomic E-state index is 11.6. The van der Waals surface area contributed by atoms with E-state index in [1.54, 1.807) is 11.9 Å². The molecule has 0 aliphatic heterocycles. The lowest BCUT2D eigenvalue weighted by Gasteiger charge is -2.19. The fourth-order valence-electron chi connectivity index (χ4n) is 1.39. The molecule has 16 heavy (non-hydrogen) atoms. The molecule has 0 aliphatic rings. The summed E-state index contributed by atoms with van der Waals surface area (Å²) in [6, 6.07) is 7.62. The van der Waals surface area contributed by atoms with Crippen molar-refractivity contribution in [2.24, 2.45) is 0 Å². The van der Waals surface area contributed by atoms with Crippen LogP contribution in [-0.4, -0.2) is 24.0 Å². The molecule has 3 N–H and O–H groups in total. The van der Waals surface area contributed by atoms with E-state index in [2.05, 4.69) is 5.32 Å². The van der Waals surface area contributed by atoms with Crippen molar-refractivity contribution in [3.8, 4) is 0 Å². The van der Waals surface area contributed by atoms with E-state index in [1.807, 2.05) is 38.1 Å². The van der Waals surface area contributed by atoms with E-state index in [0.29, 0.717) is 6.54 Å². The molecule has 0 bridgehead atoms. The molecular formula is C12H19N3O. The number of rotatable bonds is 3. The number of nitrogens with one attached hydrogen (secondary N) is 1. The van der Waals surface area contributed by atoms with Gasteiger partial charge in [-0.15, -0.1) is 0 Å². The summed E-state index contributed by atoms with van der Waals surface area (Å²) in [6.07, 6.45) is 0. The Morgan fingerprint density at radius 3 is 2.75 bits per heavy atom. The molecule has 4 nitrogen and oxygen atoms in total. The van der Waals surface area contributed by atoms with Gasteiger partial charge in [-0.1, -0.05) is 12.1 Å². The van der Waals surface area contributed by atoms with Crippen LogP contribution in [0.15, 0.2) is 24.3 Å². The first-order chi connectivity index (χ1) is 7.49. The van der Waals surface area contributed by atoms with Crippen molar-refractivity contribution in [3.05, 3.63) is 29.8 Å². The van der Waals surface area contributed by atoms with Gasteiger partial charge in [0.2, 0.25) is 0 Å². The van der Waals surface area contributed by atoms with Crippen LogP contribution in [0.5, 0.6) is 0 Å². The summed E-state index contributed by atoms with van der Waals surface area (Å²) in [7, 11) is 1.76. The molecule has 88 valence electrons. The highest BCUT2D eigenvalue weighted by molar-refractivity contribution is 5.74. The molecule has 4 heteroatoms. The SMILES string of the molecule is CC(C)NC(=O)N(C)Cc1cccc(N)c1. The second-order valence-corrected chi connectivity index (χ2v) is 4.21. The van der Waals surface area contributed by atoms with Crippen LogP contribution in [0.4, 0.5) is 10.5 Å². The monoisotopic (exact) mass is 221 g/mol. The summed E-state index contributed by atoms with van der Waals surface area (Å²) < 4.78 is 0. The van der Waals surface area contributed by atoms with Crippen LogP contribution in [0.3, 0.4) is 0 Å². The molecule has 1 aromatic rings. The third kappa shape index (κ3) is 3.81. The predicted molar refractivity (Wildman–Crippen MR) is 66.0 cm³/mol. The molecule has 0 fully saturated rings. The van der Waals surface area contributed by atoms with E-state index in [9.17, 15) is 4.79 Å². The Balaban J connectivity index is 2.57. The molecule has 0 saturated heterocycles. The number of nitrogens with zero attached hydrogens (tertiary/aromatic N) is 1. The molecule has 0 spiro atoms. The summed E-state index contributed by atoms with van der Waals surface area (Å²) in [5.41, 5.74) is 7.42. The number of amides is 2. The molecule has 0 atom stereocenters. The van der Waals surface area contributed by atoms with E-state index in [0.717, 1.165) is 11.3 Å². The smallest absolute Gasteiger partial charge is 0.317 e. The minimum atomic E-state index is -0.0718. The quantitative estimate of drug-likeness (QED) is 0.765. The molecule has 0 aliphatic carbocycles. The lowest BCUT2D eigenvalue weighted by molar-refractivity contribution is 0.204. The van der Waals surface area contributed by atoms with Crippen molar-refractivity contribution in [2.45, 2.75) is 26.4 Å². The van der Waals surface area contributed by atoms with Crippen molar-refractivity contribution in [1.82, 2.24) is 10.2 Å². The number of nitrogens with two attached hydrogens (primary N) is 1. The zero-order valence-corrected chi connectivity index (χ0v) is 10.0. The van der Waals surface area contributed by atoms with Gasteiger partial charge in [0.05, 0.1) is 0 Å². The second-order valence-electron chi connectivity index (χ2n) is 4.21. The number of urea groups is 1. The van der Waals surface area contributed by atoms with E-state index >= 15 is 0 Å². The van der Waals surface area contributed by atoms with Crippen LogP contribution >= 0.6 is 0 Å². The van der Waals surface area contributed by atoms with Crippen molar-refractivity contribution >= 4 is 11.7 Å². The third-order valence-electron chi connectivity index (χ3n) is 2.13. The third-order valence-corrected chi connectivity index (χ3v) is 2.13. The highest BCUT2D eigenvalue weighted by Gasteiger charge is 2.09. The molecule has 2 amide bonds. The Labute approximate surface area is 96.4 Å². The average Bonchev–Trinajstić information content (AvgIpc) is 2.16. The molecule has 0 heterocycles. The first-order valence-corrected chi connectivity index (χ1v) is 5.35. The van der Waals surface area contributed by atoms with Gasteiger partial charge in [0.25, 0.3) is 0 Å². The molecular weight excluding hydrogens is 202 g/mol. The van der Waals surface area contributed by atoms with Gasteiger partial charge in [0.15, 0.2) is 0 Å². The zero-order chi connectivity index (χ0) is 12.1. The Bertz CT molecular complexity index is 363. The summed E-state index contributed by atoms with van der Waals surface area (Å²) in [4.78, 5) is 13.3. The fourth-order valence-corrected chi connectivity index (χ4v) is 1.39. The van der Waals surface area contributed by atoms with Gasteiger partial charge in [-0.25, -0.2) is 4.79 Å². The second kappa shape index (κ2) is 5.39. The average molecular weight is 221 g/mol. The number of anilines is 1. The molecule has 0 saturated carbocycles. The largest absolute Gasteiger partial charge is 0.399 e. The molecule has 0 unspecified atom stereocenters. The lowest BCUT2D eigenvalue weighted by Crippen LogP contribution is -2.40.